The predicted molar refractivity (Wildman–Crippen MR) is 96.8 cm³/mol. The van der Waals surface area contributed by atoms with Crippen LogP contribution >= 0.6 is 31.9 Å². The van der Waals surface area contributed by atoms with Gasteiger partial charge < -0.3 is 10.6 Å². The first kappa shape index (κ1) is 15.9. The van der Waals surface area contributed by atoms with Crippen LogP contribution in [0.1, 0.15) is 0 Å². The molecule has 2 aromatic carbocycles. The summed E-state index contributed by atoms with van der Waals surface area (Å²) in [7, 11) is 0. The maximum atomic E-state index is 13.9. The highest BCUT2D eigenvalue weighted by atomic mass is 79.9. The molecule has 0 aliphatic heterocycles. The van der Waals surface area contributed by atoms with Crippen molar-refractivity contribution in [3.05, 3.63) is 69.5 Å². The molecular formula is C16H11Br2FN4. The highest BCUT2D eigenvalue weighted by molar-refractivity contribution is 9.10. The van der Waals surface area contributed by atoms with Crippen LogP contribution in [0, 0.1) is 5.82 Å². The second-order valence-corrected chi connectivity index (χ2v) is 6.49. The number of nitrogens with one attached hydrogen (secondary N) is 2. The Morgan fingerprint density at radius 1 is 0.870 bits per heavy atom. The predicted octanol–water partition coefficient (Wildman–Crippen LogP) is 5.63. The van der Waals surface area contributed by atoms with Crippen LogP contribution in [-0.2, 0) is 0 Å². The van der Waals surface area contributed by atoms with Gasteiger partial charge in [0, 0.05) is 20.3 Å². The van der Waals surface area contributed by atoms with Gasteiger partial charge in [-0.05, 0) is 36.4 Å². The van der Waals surface area contributed by atoms with E-state index in [-0.39, 0.29) is 5.82 Å². The maximum Gasteiger partial charge on any atom is 0.229 e. The van der Waals surface area contributed by atoms with E-state index in [1.807, 2.05) is 48.5 Å². The Morgan fingerprint density at radius 2 is 1.48 bits per heavy atom. The molecule has 3 aromatic rings. The molecule has 1 heterocycles. The van der Waals surface area contributed by atoms with Gasteiger partial charge in [-0.15, -0.1) is 0 Å². The molecule has 0 atom stereocenters. The van der Waals surface area contributed by atoms with Crippen LogP contribution in [0.5, 0.6) is 0 Å². The lowest BCUT2D eigenvalue weighted by Gasteiger charge is -2.10. The monoisotopic (exact) mass is 436 g/mol. The highest BCUT2D eigenvalue weighted by Crippen LogP contribution is 2.23. The number of aromatic nitrogens is 2. The van der Waals surface area contributed by atoms with Crippen LogP contribution < -0.4 is 10.6 Å². The van der Waals surface area contributed by atoms with E-state index in [0.29, 0.717) is 5.95 Å². The lowest BCUT2D eigenvalue weighted by molar-refractivity contribution is 0.619. The van der Waals surface area contributed by atoms with E-state index in [9.17, 15) is 4.39 Å². The molecule has 0 amide bonds. The molecule has 0 unspecified atom stereocenters. The largest absolute Gasteiger partial charge is 0.338 e. The molecule has 0 aliphatic carbocycles. The summed E-state index contributed by atoms with van der Waals surface area (Å²) in [6.07, 6.45) is 1.13. The zero-order chi connectivity index (χ0) is 16.2. The van der Waals surface area contributed by atoms with Crippen molar-refractivity contribution in [1.29, 1.82) is 0 Å². The normalized spacial score (nSPS) is 10.4. The van der Waals surface area contributed by atoms with Crippen molar-refractivity contribution in [3.63, 3.8) is 0 Å². The van der Waals surface area contributed by atoms with Crippen molar-refractivity contribution < 1.29 is 4.39 Å². The Morgan fingerprint density at radius 3 is 2.09 bits per heavy atom. The lowest BCUT2D eigenvalue weighted by atomic mass is 10.3. The Kier molecular flexibility index (Phi) is 4.88. The van der Waals surface area contributed by atoms with Crippen molar-refractivity contribution >= 4 is 55.0 Å². The third-order valence-electron chi connectivity index (χ3n) is 2.91. The maximum absolute atomic E-state index is 13.9. The molecule has 1 aromatic heterocycles. The SMILES string of the molecule is Fc1cnc(Nc2cccc(Br)c2)nc1Nc1cccc(Br)c1. The molecule has 0 aliphatic rings. The first-order valence-corrected chi connectivity index (χ1v) is 8.26. The Balaban J connectivity index is 1.84. The molecule has 3 rings (SSSR count). The Hall–Kier alpha value is -1.99. The molecule has 0 saturated carbocycles. The molecule has 0 fully saturated rings. The number of halogens is 3. The van der Waals surface area contributed by atoms with Crippen LogP contribution in [-0.4, -0.2) is 9.97 Å². The standard InChI is InChI=1S/C16H11Br2FN4/c17-10-3-1-5-12(7-10)21-15-14(19)9-20-16(23-15)22-13-6-2-4-11(18)8-13/h1-9H,(H2,20,21,22,23). The van der Waals surface area contributed by atoms with Gasteiger partial charge in [0.25, 0.3) is 0 Å². The third-order valence-corrected chi connectivity index (χ3v) is 3.90. The number of nitrogens with zero attached hydrogens (tertiary/aromatic N) is 2. The van der Waals surface area contributed by atoms with Crippen molar-refractivity contribution in [2.75, 3.05) is 10.6 Å². The van der Waals surface area contributed by atoms with E-state index >= 15 is 0 Å². The van der Waals surface area contributed by atoms with Gasteiger partial charge in [-0.25, -0.2) is 9.37 Å². The Bertz CT molecular complexity index is 842. The topological polar surface area (TPSA) is 49.8 Å². The molecule has 0 radical (unpaired) electrons. The van der Waals surface area contributed by atoms with Gasteiger partial charge in [0.2, 0.25) is 5.95 Å². The minimum Gasteiger partial charge on any atom is -0.338 e. The summed E-state index contributed by atoms with van der Waals surface area (Å²) in [6, 6.07) is 15.0. The summed E-state index contributed by atoms with van der Waals surface area (Å²) in [4.78, 5) is 8.14. The molecule has 0 bridgehead atoms. The molecule has 7 heteroatoms. The van der Waals surface area contributed by atoms with Gasteiger partial charge in [-0.1, -0.05) is 44.0 Å². The van der Waals surface area contributed by atoms with E-state index in [0.717, 1.165) is 26.5 Å². The van der Waals surface area contributed by atoms with Crippen LogP contribution in [0.4, 0.5) is 27.5 Å². The van der Waals surface area contributed by atoms with Crippen molar-refractivity contribution in [1.82, 2.24) is 9.97 Å². The van der Waals surface area contributed by atoms with Gasteiger partial charge in [0.15, 0.2) is 11.6 Å². The summed E-state index contributed by atoms with van der Waals surface area (Å²) >= 11 is 6.77. The minimum atomic E-state index is -0.523. The van der Waals surface area contributed by atoms with Gasteiger partial charge in [-0.3, -0.25) is 0 Å². The fraction of sp³-hybridized carbons (Fsp3) is 0. The first-order chi connectivity index (χ1) is 11.1. The highest BCUT2D eigenvalue weighted by Gasteiger charge is 2.08. The number of hydrogen-bond donors (Lipinski definition) is 2. The summed E-state index contributed by atoms with van der Waals surface area (Å²) < 4.78 is 15.7. The lowest BCUT2D eigenvalue weighted by Crippen LogP contribution is -2.03. The fourth-order valence-electron chi connectivity index (χ4n) is 1.91. The quantitative estimate of drug-likeness (QED) is 0.555. The second-order valence-electron chi connectivity index (χ2n) is 4.66. The van der Waals surface area contributed by atoms with Gasteiger partial charge in [0.1, 0.15) is 0 Å². The molecule has 23 heavy (non-hydrogen) atoms. The molecular weight excluding hydrogens is 427 g/mol. The van der Waals surface area contributed by atoms with E-state index in [1.54, 1.807) is 0 Å². The number of anilines is 4. The minimum absolute atomic E-state index is 0.107. The summed E-state index contributed by atoms with van der Waals surface area (Å²) in [6.45, 7) is 0. The van der Waals surface area contributed by atoms with Crippen LogP contribution in [0.25, 0.3) is 0 Å². The van der Waals surface area contributed by atoms with Crippen molar-refractivity contribution in [2.45, 2.75) is 0 Å². The number of benzene rings is 2. The molecule has 2 N–H and O–H groups in total. The second kappa shape index (κ2) is 7.06. The molecule has 116 valence electrons. The van der Waals surface area contributed by atoms with Crippen molar-refractivity contribution in [3.8, 4) is 0 Å². The molecule has 4 nitrogen and oxygen atoms in total. The van der Waals surface area contributed by atoms with Crippen LogP contribution in [0.2, 0.25) is 0 Å². The summed E-state index contributed by atoms with van der Waals surface area (Å²) in [5.74, 6) is -0.109. The average molecular weight is 438 g/mol. The summed E-state index contributed by atoms with van der Waals surface area (Å²) in [5, 5.41) is 5.99. The van der Waals surface area contributed by atoms with Gasteiger partial charge in [-0.2, -0.15) is 4.98 Å². The number of hydrogen-bond acceptors (Lipinski definition) is 4. The average Bonchev–Trinajstić information content (AvgIpc) is 2.51. The van der Waals surface area contributed by atoms with Gasteiger partial charge in [0.05, 0.1) is 6.20 Å². The van der Waals surface area contributed by atoms with E-state index in [2.05, 4.69) is 52.5 Å². The van der Waals surface area contributed by atoms with E-state index < -0.39 is 5.82 Å². The molecule has 0 spiro atoms. The summed E-state index contributed by atoms with van der Waals surface area (Å²) in [5.41, 5.74) is 1.53. The smallest absolute Gasteiger partial charge is 0.229 e. The van der Waals surface area contributed by atoms with Gasteiger partial charge >= 0.3 is 0 Å². The van der Waals surface area contributed by atoms with E-state index in [1.165, 1.54) is 0 Å². The first-order valence-electron chi connectivity index (χ1n) is 6.68. The van der Waals surface area contributed by atoms with E-state index in [4.69, 9.17) is 0 Å². The Labute approximate surface area is 149 Å². The fourth-order valence-corrected chi connectivity index (χ4v) is 2.71. The third kappa shape index (κ3) is 4.27. The number of rotatable bonds is 4. The van der Waals surface area contributed by atoms with Crippen molar-refractivity contribution in [2.24, 2.45) is 0 Å². The van der Waals surface area contributed by atoms with Crippen LogP contribution in [0.15, 0.2) is 63.7 Å². The van der Waals surface area contributed by atoms with Crippen LogP contribution in [0.3, 0.4) is 0 Å². The zero-order valence-corrected chi connectivity index (χ0v) is 14.9. The zero-order valence-electron chi connectivity index (χ0n) is 11.7. The molecule has 0 saturated heterocycles.